The minimum absolute atomic E-state index is 0.00685. The maximum Gasteiger partial charge on any atom is 0.338 e. The SMILES string of the molecule is NC(CO)c1cccc(C(=O)O)c1F. The van der Waals surface area contributed by atoms with Crippen molar-refractivity contribution in [3.63, 3.8) is 0 Å². The van der Waals surface area contributed by atoms with Gasteiger partial charge in [0.05, 0.1) is 18.2 Å². The number of carboxylic acids is 1. The number of benzene rings is 1. The predicted octanol–water partition coefficient (Wildman–Crippen LogP) is 0.516. The van der Waals surface area contributed by atoms with Crippen LogP contribution in [0.1, 0.15) is 22.0 Å². The Labute approximate surface area is 79.8 Å². The van der Waals surface area contributed by atoms with E-state index in [1.54, 1.807) is 0 Å². The highest BCUT2D eigenvalue weighted by atomic mass is 19.1. The van der Waals surface area contributed by atoms with Crippen molar-refractivity contribution >= 4 is 5.97 Å². The van der Waals surface area contributed by atoms with Crippen LogP contribution in [0, 0.1) is 5.82 Å². The van der Waals surface area contributed by atoms with Crippen LogP contribution in [0.15, 0.2) is 18.2 Å². The van der Waals surface area contributed by atoms with E-state index in [0.717, 1.165) is 6.07 Å². The van der Waals surface area contributed by atoms with Crippen molar-refractivity contribution in [3.8, 4) is 0 Å². The van der Waals surface area contributed by atoms with Gasteiger partial charge in [0.1, 0.15) is 5.82 Å². The molecule has 0 amide bonds. The Morgan fingerprint density at radius 3 is 2.71 bits per heavy atom. The van der Waals surface area contributed by atoms with E-state index < -0.39 is 30.0 Å². The lowest BCUT2D eigenvalue weighted by atomic mass is 10.0. The van der Waals surface area contributed by atoms with Gasteiger partial charge in [-0.3, -0.25) is 0 Å². The highest BCUT2D eigenvalue weighted by Gasteiger charge is 2.17. The summed E-state index contributed by atoms with van der Waals surface area (Å²) in [7, 11) is 0. The molecule has 1 aromatic carbocycles. The van der Waals surface area contributed by atoms with Gasteiger partial charge in [0.15, 0.2) is 0 Å². The standard InChI is InChI=1S/C9H10FNO3/c10-8-5(7(11)4-12)2-1-3-6(8)9(13)14/h1-3,7,12H,4,11H2,(H,13,14). The van der Waals surface area contributed by atoms with Crippen molar-refractivity contribution in [1.29, 1.82) is 0 Å². The van der Waals surface area contributed by atoms with E-state index in [0.29, 0.717) is 0 Å². The molecule has 1 atom stereocenters. The molecule has 0 fully saturated rings. The number of carbonyl (C=O) groups is 1. The van der Waals surface area contributed by atoms with Gasteiger partial charge in [-0.1, -0.05) is 12.1 Å². The van der Waals surface area contributed by atoms with E-state index in [2.05, 4.69) is 0 Å². The zero-order valence-corrected chi connectivity index (χ0v) is 7.27. The number of carboxylic acid groups (broad SMARTS) is 1. The molecule has 0 saturated carbocycles. The molecular formula is C9H10FNO3. The Hall–Kier alpha value is -1.46. The van der Waals surface area contributed by atoms with Crippen molar-refractivity contribution in [3.05, 3.63) is 35.1 Å². The average Bonchev–Trinajstić information content (AvgIpc) is 2.16. The third kappa shape index (κ3) is 1.89. The van der Waals surface area contributed by atoms with Crippen molar-refractivity contribution in [2.24, 2.45) is 5.73 Å². The van der Waals surface area contributed by atoms with Crippen LogP contribution in [-0.4, -0.2) is 22.8 Å². The van der Waals surface area contributed by atoms with Gasteiger partial charge in [-0.25, -0.2) is 9.18 Å². The molecule has 0 heterocycles. The van der Waals surface area contributed by atoms with Gasteiger partial charge in [0, 0.05) is 5.56 Å². The van der Waals surface area contributed by atoms with Crippen LogP contribution in [0.4, 0.5) is 4.39 Å². The Morgan fingerprint density at radius 1 is 1.57 bits per heavy atom. The molecular weight excluding hydrogens is 189 g/mol. The molecule has 1 aromatic rings. The first-order valence-corrected chi connectivity index (χ1v) is 3.96. The third-order valence-corrected chi connectivity index (χ3v) is 1.86. The minimum Gasteiger partial charge on any atom is -0.478 e. The molecule has 4 N–H and O–H groups in total. The third-order valence-electron chi connectivity index (χ3n) is 1.86. The first-order valence-electron chi connectivity index (χ1n) is 3.96. The minimum atomic E-state index is -1.35. The Morgan fingerprint density at radius 2 is 2.21 bits per heavy atom. The van der Waals surface area contributed by atoms with Gasteiger partial charge < -0.3 is 15.9 Å². The summed E-state index contributed by atoms with van der Waals surface area (Å²) in [6, 6.07) is 2.99. The van der Waals surface area contributed by atoms with Gasteiger partial charge in [-0.2, -0.15) is 0 Å². The summed E-state index contributed by atoms with van der Waals surface area (Å²) in [6.45, 7) is -0.431. The topological polar surface area (TPSA) is 83.5 Å². The number of hydrogen-bond acceptors (Lipinski definition) is 3. The van der Waals surface area contributed by atoms with Gasteiger partial charge >= 0.3 is 5.97 Å². The van der Waals surface area contributed by atoms with Crippen LogP contribution in [0.5, 0.6) is 0 Å². The average molecular weight is 199 g/mol. The first-order chi connectivity index (χ1) is 6.57. The molecule has 0 saturated heterocycles. The largest absolute Gasteiger partial charge is 0.478 e. The molecule has 0 aliphatic carbocycles. The summed E-state index contributed by atoms with van der Waals surface area (Å²) in [4.78, 5) is 10.5. The van der Waals surface area contributed by atoms with E-state index in [1.807, 2.05) is 0 Å². The molecule has 4 nitrogen and oxygen atoms in total. The lowest BCUT2D eigenvalue weighted by Gasteiger charge is -2.10. The van der Waals surface area contributed by atoms with Crippen molar-refractivity contribution in [2.75, 3.05) is 6.61 Å². The van der Waals surface area contributed by atoms with Crippen molar-refractivity contribution in [2.45, 2.75) is 6.04 Å². The molecule has 1 unspecified atom stereocenters. The molecule has 0 bridgehead atoms. The molecule has 1 rings (SSSR count). The lowest BCUT2D eigenvalue weighted by Crippen LogP contribution is -2.17. The van der Waals surface area contributed by atoms with E-state index in [1.165, 1.54) is 12.1 Å². The zero-order chi connectivity index (χ0) is 10.7. The number of aliphatic hydroxyl groups is 1. The zero-order valence-electron chi connectivity index (χ0n) is 7.27. The molecule has 0 aliphatic heterocycles. The normalized spacial score (nSPS) is 12.5. The monoisotopic (exact) mass is 199 g/mol. The molecule has 76 valence electrons. The Bertz CT molecular complexity index is 354. The van der Waals surface area contributed by atoms with Gasteiger partial charge in [-0.15, -0.1) is 0 Å². The highest BCUT2D eigenvalue weighted by Crippen LogP contribution is 2.18. The van der Waals surface area contributed by atoms with Crippen molar-refractivity contribution in [1.82, 2.24) is 0 Å². The second-order valence-electron chi connectivity index (χ2n) is 2.80. The fourth-order valence-corrected chi connectivity index (χ4v) is 1.10. The number of aliphatic hydroxyl groups excluding tert-OH is 1. The van der Waals surface area contributed by atoms with Crippen LogP contribution >= 0.6 is 0 Å². The van der Waals surface area contributed by atoms with Crippen LogP contribution in [-0.2, 0) is 0 Å². The first kappa shape index (κ1) is 10.6. The quantitative estimate of drug-likeness (QED) is 0.662. The molecule has 0 aliphatic rings. The van der Waals surface area contributed by atoms with Gasteiger partial charge in [-0.05, 0) is 6.07 Å². The fourth-order valence-electron chi connectivity index (χ4n) is 1.10. The van der Waals surface area contributed by atoms with Gasteiger partial charge in [0.25, 0.3) is 0 Å². The summed E-state index contributed by atoms with van der Waals surface area (Å²) in [6.07, 6.45) is 0. The summed E-state index contributed by atoms with van der Waals surface area (Å²) in [5.41, 5.74) is 4.95. The van der Waals surface area contributed by atoms with E-state index in [-0.39, 0.29) is 5.56 Å². The maximum atomic E-state index is 13.4. The number of hydrogen-bond donors (Lipinski definition) is 3. The van der Waals surface area contributed by atoms with Gasteiger partial charge in [0.2, 0.25) is 0 Å². The maximum absolute atomic E-state index is 13.4. The number of aromatic carboxylic acids is 1. The van der Waals surface area contributed by atoms with E-state index in [9.17, 15) is 9.18 Å². The molecule has 14 heavy (non-hydrogen) atoms. The van der Waals surface area contributed by atoms with Crippen molar-refractivity contribution < 1.29 is 19.4 Å². The molecule has 0 spiro atoms. The Kier molecular flexibility index (Phi) is 3.16. The second kappa shape index (κ2) is 4.17. The molecule has 0 aromatic heterocycles. The molecule has 0 radical (unpaired) electrons. The van der Waals surface area contributed by atoms with Crippen LogP contribution in [0.25, 0.3) is 0 Å². The smallest absolute Gasteiger partial charge is 0.338 e. The van der Waals surface area contributed by atoms with Crippen LogP contribution in [0.3, 0.4) is 0 Å². The van der Waals surface area contributed by atoms with Crippen LogP contribution in [0.2, 0.25) is 0 Å². The summed E-state index contributed by atoms with van der Waals surface area (Å²) < 4.78 is 13.4. The van der Waals surface area contributed by atoms with E-state index in [4.69, 9.17) is 15.9 Å². The fraction of sp³-hybridized carbons (Fsp3) is 0.222. The summed E-state index contributed by atoms with van der Waals surface area (Å²) in [5, 5.41) is 17.3. The molecule has 5 heteroatoms. The number of nitrogens with two attached hydrogens (primary N) is 1. The predicted molar refractivity (Wildman–Crippen MR) is 47.4 cm³/mol. The van der Waals surface area contributed by atoms with E-state index >= 15 is 0 Å². The number of halogens is 1. The summed E-state index contributed by atoms with van der Waals surface area (Å²) >= 11 is 0. The summed E-state index contributed by atoms with van der Waals surface area (Å²) in [5.74, 6) is -2.24. The van der Waals surface area contributed by atoms with Crippen LogP contribution < -0.4 is 5.73 Å². The lowest BCUT2D eigenvalue weighted by molar-refractivity contribution is 0.0691. The number of rotatable bonds is 3. The second-order valence-corrected chi connectivity index (χ2v) is 2.80. The Balaban J connectivity index is 3.20. The highest BCUT2D eigenvalue weighted by molar-refractivity contribution is 5.88.